The summed E-state index contributed by atoms with van der Waals surface area (Å²) in [5.74, 6) is 2.02. The minimum atomic E-state index is -0.823. The molecule has 0 saturated heterocycles. The summed E-state index contributed by atoms with van der Waals surface area (Å²) in [6.45, 7) is 3.55. The SMILES string of the molecule is COc1ccc(C)cc1C(=O)O[C@@H](C)C(=O)NC12CC3CC(CC(C3)C1)C2. The quantitative estimate of drug-likeness (QED) is 0.803. The van der Waals surface area contributed by atoms with Crippen LogP contribution in [0.5, 0.6) is 5.75 Å². The van der Waals surface area contributed by atoms with Crippen LogP contribution in [0.3, 0.4) is 0 Å². The Morgan fingerprint density at radius 2 is 1.70 bits per heavy atom. The predicted octanol–water partition coefficient (Wildman–Crippen LogP) is 3.63. The minimum Gasteiger partial charge on any atom is -0.496 e. The van der Waals surface area contributed by atoms with Gasteiger partial charge >= 0.3 is 5.97 Å². The fourth-order valence-corrected chi connectivity index (χ4v) is 5.89. The van der Waals surface area contributed by atoms with Crippen molar-refractivity contribution in [1.29, 1.82) is 0 Å². The fourth-order valence-electron chi connectivity index (χ4n) is 5.89. The Hall–Kier alpha value is -2.04. The second kappa shape index (κ2) is 6.84. The molecule has 1 atom stereocenters. The van der Waals surface area contributed by atoms with E-state index >= 15 is 0 Å². The van der Waals surface area contributed by atoms with Crippen molar-refractivity contribution in [2.24, 2.45) is 17.8 Å². The van der Waals surface area contributed by atoms with Gasteiger partial charge in [-0.1, -0.05) is 11.6 Å². The van der Waals surface area contributed by atoms with Crippen LogP contribution in [0.2, 0.25) is 0 Å². The third kappa shape index (κ3) is 3.56. The first-order valence-electron chi connectivity index (χ1n) is 10.0. The molecule has 1 amide bonds. The molecule has 1 aromatic carbocycles. The zero-order valence-corrected chi connectivity index (χ0v) is 16.4. The van der Waals surface area contributed by atoms with Gasteiger partial charge in [0, 0.05) is 5.54 Å². The molecule has 5 rings (SSSR count). The smallest absolute Gasteiger partial charge is 0.342 e. The summed E-state index contributed by atoms with van der Waals surface area (Å²) in [5.41, 5.74) is 1.22. The highest BCUT2D eigenvalue weighted by molar-refractivity contribution is 5.95. The first kappa shape index (κ1) is 18.3. The average molecular weight is 371 g/mol. The Morgan fingerprint density at radius 3 is 2.26 bits per heavy atom. The molecular formula is C22H29NO4. The van der Waals surface area contributed by atoms with Gasteiger partial charge in [-0.25, -0.2) is 4.79 Å². The zero-order chi connectivity index (χ0) is 19.2. The van der Waals surface area contributed by atoms with Gasteiger partial charge in [0.25, 0.3) is 5.91 Å². The van der Waals surface area contributed by atoms with E-state index in [1.807, 2.05) is 13.0 Å². The van der Waals surface area contributed by atoms with Crippen LogP contribution in [0.1, 0.15) is 61.4 Å². The summed E-state index contributed by atoms with van der Waals surface area (Å²) in [5, 5.41) is 3.27. The van der Waals surface area contributed by atoms with E-state index in [9.17, 15) is 9.59 Å². The molecule has 1 N–H and O–H groups in total. The number of hydrogen-bond acceptors (Lipinski definition) is 4. The molecule has 4 bridgehead atoms. The number of carbonyl (C=O) groups is 2. The molecule has 0 heterocycles. The summed E-state index contributed by atoms with van der Waals surface area (Å²) in [7, 11) is 1.52. The Balaban J connectivity index is 1.41. The molecule has 5 heteroatoms. The molecule has 4 aliphatic carbocycles. The van der Waals surface area contributed by atoms with E-state index in [2.05, 4.69) is 5.32 Å². The van der Waals surface area contributed by atoms with Crippen molar-refractivity contribution in [2.75, 3.05) is 7.11 Å². The first-order chi connectivity index (χ1) is 12.9. The molecule has 0 radical (unpaired) electrons. The van der Waals surface area contributed by atoms with E-state index in [0.717, 1.165) is 42.6 Å². The van der Waals surface area contributed by atoms with Gasteiger partial charge in [0.15, 0.2) is 6.10 Å². The van der Waals surface area contributed by atoms with Crippen LogP contribution in [0.4, 0.5) is 0 Å². The van der Waals surface area contributed by atoms with Crippen LogP contribution < -0.4 is 10.1 Å². The highest BCUT2D eigenvalue weighted by Crippen LogP contribution is 2.55. The number of methoxy groups -OCH3 is 1. The number of amides is 1. The molecule has 0 unspecified atom stereocenters. The maximum Gasteiger partial charge on any atom is 0.342 e. The van der Waals surface area contributed by atoms with Gasteiger partial charge in [-0.2, -0.15) is 0 Å². The topological polar surface area (TPSA) is 64.6 Å². The van der Waals surface area contributed by atoms with Gasteiger partial charge in [-0.05, 0) is 82.3 Å². The lowest BCUT2D eigenvalue weighted by Crippen LogP contribution is -2.61. The summed E-state index contributed by atoms with van der Waals surface area (Å²) < 4.78 is 10.7. The molecule has 146 valence electrons. The standard InChI is InChI=1S/C22H29NO4/c1-13-4-5-19(26-3)18(6-13)21(25)27-14(2)20(24)23-22-10-15-7-16(11-22)9-17(8-15)12-22/h4-6,14-17H,7-12H2,1-3H3,(H,23,24)/t14-,15?,16?,17?,22?/m0/s1. The third-order valence-corrected chi connectivity index (χ3v) is 6.65. The molecule has 4 aliphatic rings. The lowest BCUT2D eigenvalue weighted by Gasteiger charge is -2.57. The lowest BCUT2D eigenvalue weighted by molar-refractivity contribution is -0.134. The van der Waals surface area contributed by atoms with Crippen molar-refractivity contribution in [3.05, 3.63) is 29.3 Å². The van der Waals surface area contributed by atoms with Gasteiger partial charge < -0.3 is 14.8 Å². The largest absolute Gasteiger partial charge is 0.496 e. The Bertz CT molecular complexity index is 721. The van der Waals surface area contributed by atoms with Crippen LogP contribution in [-0.4, -0.2) is 30.6 Å². The van der Waals surface area contributed by atoms with E-state index in [-0.39, 0.29) is 11.4 Å². The number of rotatable bonds is 5. The maximum absolute atomic E-state index is 12.8. The number of ether oxygens (including phenoxy) is 2. The molecule has 0 spiro atoms. The Labute approximate surface area is 160 Å². The van der Waals surface area contributed by atoms with E-state index in [1.165, 1.54) is 26.4 Å². The van der Waals surface area contributed by atoms with Crippen molar-refractivity contribution in [2.45, 2.75) is 64.0 Å². The number of nitrogens with one attached hydrogen (secondary N) is 1. The molecular weight excluding hydrogens is 342 g/mol. The number of carbonyl (C=O) groups excluding carboxylic acids is 2. The van der Waals surface area contributed by atoms with Crippen LogP contribution in [-0.2, 0) is 9.53 Å². The van der Waals surface area contributed by atoms with Crippen molar-refractivity contribution in [1.82, 2.24) is 5.32 Å². The fraction of sp³-hybridized carbons (Fsp3) is 0.636. The molecule has 0 aromatic heterocycles. The van der Waals surface area contributed by atoms with Crippen molar-refractivity contribution >= 4 is 11.9 Å². The molecule has 4 fully saturated rings. The molecule has 1 aromatic rings. The van der Waals surface area contributed by atoms with E-state index in [1.54, 1.807) is 19.1 Å². The summed E-state index contributed by atoms with van der Waals surface area (Å²) in [6.07, 6.45) is 6.40. The van der Waals surface area contributed by atoms with Gasteiger partial charge in [0.1, 0.15) is 11.3 Å². The number of hydrogen-bond donors (Lipinski definition) is 1. The van der Waals surface area contributed by atoms with Gasteiger partial charge in [0.2, 0.25) is 0 Å². The average Bonchev–Trinajstić information content (AvgIpc) is 2.59. The second-order valence-corrected chi connectivity index (χ2v) is 8.94. The predicted molar refractivity (Wildman–Crippen MR) is 102 cm³/mol. The summed E-state index contributed by atoms with van der Waals surface area (Å²) in [4.78, 5) is 25.4. The molecule has 0 aliphatic heterocycles. The number of benzene rings is 1. The third-order valence-electron chi connectivity index (χ3n) is 6.65. The van der Waals surface area contributed by atoms with Gasteiger partial charge in [0.05, 0.1) is 7.11 Å². The molecule has 4 saturated carbocycles. The first-order valence-corrected chi connectivity index (χ1v) is 10.0. The Morgan fingerprint density at radius 1 is 1.11 bits per heavy atom. The maximum atomic E-state index is 12.8. The van der Waals surface area contributed by atoms with Crippen LogP contribution in [0.25, 0.3) is 0 Å². The lowest BCUT2D eigenvalue weighted by atomic mass is 9.53. The normalized spacial score (nSPS) is 32.0. The number of esters is 1. The van der Waals surface area contributed by atoms with Crippen LogP contribution in [0.15, 0.2) is 18.2 Å². The van der Waals surface area contributed by atoms with Crippen molar-refractivity contribution in [3.63, 3.8) is 0 Å². The monoisotopic (exact) mass is 371 g/mol. The zero-order valence-electron chi connectivity index (χ0n) is 16.4. The Kier molecular flexibility index (Phi) is 4.65. The highest BCUT2D eigenvalue weighted by atomic mass is 16.5. The number of aryl methyl sites for hydroxylation is 1. The van der Waals surface area contributed by atoms with Crippen molar-refractivity contribution < 1.29 is 19.1 Å². The van der Waals surface area contributed by atoms with Gasteiger partial charge in [-0.3, -0.25) is 4.79 Å². The second-order valence-electron chi connectivity index (χ2n) is 8.94. The highest BCUT2D eigenvalue weighted by Gasteiger charge is 2.51. The minimum absolute atomic E-state index is 0.0759. The molecule has 27 heavy (non-hydrogen) atoms. The van der Waals surface area contributed by atoms with Crippen molar-refractivity contribution in [3.8, 4) is 5.75 Å². The van der Waals surface area contributed by atoms with Crippen LogP contribution in [0, 0.1) is 24.7 Å². The van der Waals surface area contributed by atoms with Gasteiger partial charge in [-0.15, -0.1) is 0 Å². The van der Waals surface area contributed by atoms with Crippen LogP contribution >= 0.6 is 0 Å². The van der Waals surface area contributed by atoms with E-state index in [4.69, 9.17) is 9.47 Å². The van der Waals surface area contributed by atoms with E-state index in [0.29, 0.717) is 11.3 Å². The molecule has 5 nitrogen and oxygen atoms in total. The summed E-state index contributed by atoms with van der Waals surface area (Å²) >= 11 is 0. The summed E-state index contributed by atoms with van der Waals surface area (Å²) in [6, 6.07) is 5.34. The van der Waals surface area contributed by atoms with E-state index < -0.39 is 12.1 Å².